The highest BCUT2D eigenvalue weighted by atomic mass is 32.2. The lowest BCUT2D eigenvalue weighted by Gasteiger charge is -2.14. The minimum absolute atomic E-state index is 0.201. The second-order valence-corrected chi connectivity index (χ2v) is 9.25. The van der Waals surface area contributed by atoms with Crippen LogP contribution in [0.3, 0.4) is 0 Å². The molecule has 2 aromatic heterocycles. The molecule has 0 saturated heterocycles. The lowest BCUT2D eigenvalue weighted by Crippen LogP contribution is -2.23. The van der Waals surface area contributed by atoms with Crippen LogP contribution in [0.5, 0.6) is 5.75 Å². The molecule has 1 amide bonds. The monoisotopic (exact) mass is 525 g/mol. The molecular weight excluding hydrogens is 501 g/mol. The van der Waals surface area contributed by atoms with Crippen LogP contribution >= 0.6 is 11.8 Å². The number of carbonyl (C=O) groups excluding carboxylic acids is 1. The summed E-state index contributed by atoms with van der Waals surface area (Å²) in [6, 6.07) is 25.0. The van der Waals surface area contributed by atoms with Crippen LogP contribution in [0.25, 0.3) is 17.1 Å². The number of nitrogens with one attached hydrogen (secondary N) is 1. The van der Waals surface area contributed by atoms with Gasteiger partial charge >= 0.3 is 0 Å². The fourth-order valence-electron chi connectivity index (χ4n) is 3.97. The zero-order valence-corrected chi connectivity index (χ0v) is 21.4. The first kappa shape index (κ1) is 25.2. The number of ether oxygens (including phenoxy) is 1. The van der Waals surface area contributed by atoms with E-state index in [1.54, 1.807) is 37.7 Å². The van der Waals surface area contributed by atoms with E-state index >= 15 is 0 Å². The van der Waals surface area contributed by atoms with Gasteiger partial charge < -0.3 is 10.1 Å². The van der Waals surface area contributed by atoms with Gasteiger partial charge in [-0.1, -0.05) is 54.2 Å². The number of methoxy groups -OCH3 is 1. The van der Waals surface area contributed by atoms with Crippen LogP contribution in [-0.4, -0.2) is 32.8 Å². The predicted octanol–water partition coefficient (Wildman–Crippen LogP) is 5.70. The van der Waals surface area contributed by atoms with E-state index in [9.17, 15) is 9.18 Å². The number of amides is 1. The van der Waals surface area contributed by atoms with Crippen molar-refractivity contribution in [2.24, 2.45) is 0 Å². The molecule has 0 radical (unpaired) electrons. The van der Waals surface area contributed by atoms with Gasteiger partial charge in [-0.15, -0.1) is 10.2 Å². The predicted molar refractivity (Wildman–Crippen MR) is 145 cm³/mol. The second-order valence-electron chi connectivity index (χ2n) is 8.31. The molecule has 0 bridgehead atoms. The normalized spacial score (nSPS) is 10.8. The van der Waals surface area contributed by atoms with Gasteiger partial charge in [-0.2, -0.15) is 0 Å². The maximum absolute atomic E-state index is 13.2. The number of benzene rings is 3. The molecule has 0 aliphatic heterocycles. The maximum atomic E-state index is 13.2. The number of thioether (sulfide) groups is 1. The smallest absolute Gasteiger partial charge is 0.251 e. The van der Waals surface area contributed by atoms with E-state index in [1.807, 2.05) is 59.2 Å². The topological polar surface area (TPSA) is 81.9 Å². The number of rotatable bonds is 9. The average Bonchev–Trinajstić information content (AvgIpc) is 3.40. The number of aromatic nitrogens is 4. The maximum Gasteiger partial charge on any atom is 0.251 e. The SMILES string of the molecule is COc1ccccc1-n1c(SCc2ccccc2C(=O)NCc2ccc(F)cc2)nnc1-c1cccnc1. The third kappa shape index (κ3) is 5.57. The van der Waals surface area contributed by atoms with Crippen LogP contribution < -0.4 is 10.1 Å². The number of hydrogen-bond acceptors (Lipinski definition) is 6. The molecule has 0 aliphatic rings. The molecule has 1 N–H and O–H groups in total. The zero-order valence-electron chi connectivity index (χ0n) is 20.5. The van der Waals surface area contributed by atoms with Gasteiger partial charge in [0.2, 0.25) is 0 Å². The molecule has 7 nitrogen and oxygen atoms in total. The first-order valence-corrected chi connectivity index (χ1v) is 12.8. The van der Waals surface area contributed by atoms with Gasteiger partial charge in [-0.25, -0.2) is 4.39 Å². The summed E-state index contributed by atoms with van der Waals surface area (Å²) in [4.78, 5) is 17.3. The van der Waals surface area contributed by atoms with Crippen LogP contribution in [0.4, 0.5) is 4.39 Å². The lowest BCUT2D eigenvalue weighted by atomic mass is 10.1. The molecule has 0 fully saturated rings. The highest BCUT2D eigenvalue weighted by Crippen LogP contribution is 2.33. The number of hydrogen-bond donors (Lipinski definition) is 1. The molecule has 38 heavy (non-hydrogen) atoms. The fourth-order valence-corrected chi connectivity index (χ4v) is 4.92. The minimum Gasteiger partial charge on any atom is -0.495 e. The molecule has 0 unspecified atom stereocenters. The van der Waals surface area contributed by atoms with Crippen molar-refractivity contribution in [3.8, 4) is 22.8 Å². The second kappa shape index (κ2) is 11.7. The van der Waals surface area contributed by atoms with Crippen LogP contribution in [0.15, 0.2) is 102 Å². The van der Waals surface area contributed by atoms with Crippen LogP contribution in [0, 0.1) is 5.82 Å². The van der Waals surface area contributed by atoms with Gasteiger partial charge in [0.25, 0.3) is 5.91 Å². The fraction of sp³-hybridized carbons (Fsp3) is 0.103. The average molecular weight is 526 g/mol. The molecule has 0 spiro atoms. The van der Waals surface area contributed by atoms with Gasteiger partial charge in [0.05, 0.1) is 12.8 Å². The van der Waals surface area contributed by atoms with Gasteiger partial charge in [0.1, 0.15) is 11.6 Å². The largest absolute Gasteiger partial charge is 0.495 e. The zero-order chi connectivity index (χ0) is 26.3. The first-order chi connectivity index (χ1) is 18.6. The Balaban J connectivity index is 1.41. The molecule has 0 atom stereocenters. The molecule has 190 valence electrons. The van der Waals surface area contributed by atoms with Crippen LogP contribution in [-0.2, 0) is 12.3 Å². The highest BCUT2D eigenvalue weighted by Gasteiger charge is 2.20. The quantitative estimate of drug-likeness (QED) is 0.249. The molecule has 0 saturated carbocycles. The van der Waals surface area contributed by atoms with Crippen molar-refractivity contribution >= 4 is 17.7 Å². The van der Waals surface area contributed by atoms with E-state index in [2.05, 4.69) is 20.5 Å². The van der Waals surface area contributed by atoms with Gasteiger partial charge in [0, 0.05) is 35.8 Å². The molecule has 5 rings (SSSR count). The third-order valence-electron chi connectivity index (χ3n) is 5.86. The summed E-state index contributed by atoms with van der Waals surface area (Å²) >= 11 is 1.47. The van der Waals surface area contributed by atoms with Crippen molar-refractivity contribution in [2.45, 2.75) is 17.5 Å². The van der Waals surface area contributed by atoms with E-state index in [1.165, 1.54) is 23.9 Å². The molecular formula is C29H24FN5O2S. The summed E-state index contributed by atoms with van der Waals surface area (Å²) in [6.45, 7) is 0.303. The highest BCUT2D eigenvalue weighted by molar-refractivity contribution is 7.98. The summed E-state index contributed by atoms with van der Waals surface area (Å²) in [7, 11) is 1.63. The van der Waals surface area contributed by atoms with Crippen molar-refractivity contribution in [1.82, 2.24) is 25.1 Å². The van der Waals surface area contributed by atoms with E-state index in [4.69, 9.17) is 4.74 Å². The Labute approximate surface area is 223 Å². The number of halogens is 1. The van der Waals surface area contributed by atoms with Gasteiger partial charge in [0.15, 0.2) is 11.0 Å². The summed E-state index contributed by atoms with van der Waals surface area (Å²) in [6.07, 6.45) is 3.45. The van der Waals surface area contributed by atoms with E-state index in [-0.39, 0.29) is 11.7 Å². The summed E-state index contributed by atoms with van der Waals surface area (Å²) in [5.74, 6) is 1.29. The lowest BCUT2D eigenvalue weighted by molar-refractivity contribution is 0.0950. The van der Waals surface area contributed by atoms with E-state index in [0.717, 1.165) is 22.4 Å². The molecule has 2 heterocycles. The first-order valence-electron chi connectivity index (χ1n) is 11.9. The van der Waals surface area contributed by atoms with Gasteiger partial charge in [-0.3, -0.25) is 14.3 Å². The van der Waals surface area contributed by atoms with Gasteiger partial charge in [-0.05, 0) is 53.6 Å². The van der Waals surface area contributed by atoms with Crippen molar-refractivity contribution < 1.29 is 13.9 Å². The Hall–Kier alpha value is -4.50. The van der Waals surface area contributed by atoms with E-state index < -0.39 is 0 Å². The van der Waals surface area contributed by atoms with E-state index in [0.29, 0.717) is 34.6 Å². The Kier molecular flexibility index (Phi) is 7.75. The van der Waals surface area contributed by atoms with Crippen molar-refractivity contribution in [3.63, 3.8) is 0 Å². The van der Waals surface area contributed by atoms with Crippen LogP contribution in [0.2, 0.25) is 0 Å². The Morgan fingerprint density at radius 3 is 2.55 bits per heavy atom. The third-order valence-corrected chi connectivity index (χ3v) is 6.84. The summed E-state index contributed by atoms with van der Waals surface area (Å²) in [5.41, 5.74) is 3.86. The summed E-state index contributed by atoms with van der Waals surface area (Å²) < 4.78 is 20.8. The number of nitrogens with zero attached hydrogens (tertiary/aromatic N) is 4. The number of para-hydroxylation sites is 2. The molecule has 3 aromatic carbocycles. The number of pyridine rings is 1. The number of carbonyl (C=O) groups is 1. The van der Waals surface area contributed by atoms with Crippen molar-refractivity contribution in [1.29, 1.82) is 0 Å². The van der Waals surface area contributed by atoms with Crippen molar-refractivity contribution in [2.75, 3.05) is 7.11 Å². The van der Waals surface area contributed by atoms with Crippen molar-refractivity contribution in [3.05, 3.63) is 120 Å². The Morgan fingerprint density at radius 2 is 1.76 bits per heavy atom. The Morgan fingerprint density at radius 1 is 0.974 bits per heavy atom. The standard InChI is InChI=1S/C29H24FN5O2S/c1-37-26-11-5-4-10-25(26)35-27(21-8-6-16-31-18-21)33-34-29(35)38-19-22-7-2-3-9-24(22)28(36)32-17-20-12-14-23(30)15-13-20/h2-16,18H,17,19H2,1H3,(H,32,36). The minimum atomic E-state index is -0.310. The van der Waals surface area contributed by atoms with Crippen LogP contribution in [0.1, 0.15) is 21.5 Å². The molecule has 9 heteroatoms. The molecule has 5 aromatic rings. The summed E-state index contributed by atoms with van der Waals surface area (Å²) in [5, 5.41) is 12.5. The molecule has 0 aliphatic carbocycles. The Bertz CT molecular complexity index is 1540.